The van der Waals surface area contributed by atoms with E-state index in [2.05, 4.69) is 0 Å². The van der Waals surface area contributed by atoms with Gasteiger partial charge in [0.2, 0.25) is 0 Å². The van der Waals surface area contributed by atoms with Gasteiger partial charge in [0, 0.05) is 23.3 Å². The van der Waals surface area contributed by atoms with Crippen LogP contribution in [0.3, 0.4) is 0 Å². The molecule has 1 aliphatic carbocycles. The lowest BCUT2D eigenvalue weighted by Gasteiger charge is -2.33. The second-order valence-electron chi connectivity index (χ2n) is 6.38. The van der Waals surface area contributed by atoms with Gasteiger partial charge in [-0.05, 0) is 44.4 Å². The second kappa shape index (κ2) is 9.72. The van der Waals surface area contributed by atoms with Crippen molar-refractivity contribution in [2.75, 3.05) is 13.2 Å². The van der Waals surface area contributed by atoms with E-state index in [0.29, 0.717) is 17.9 Å². The summed E-state index contributed by atoms with van der Waals surface area (Å²) in [5.74, 6) is -3.41. The minimum atomic E-state index is -1.16. The number of halogens is 1. The molecule has 5 nitrogen and oxygen atoms in total. The fraction of sp³-hybridized carbons (Fsp3) is 0.550. The predicted octanol–water partition coefficient (Wildman–Crippen LogP) is 3.93. The monoisotopic (exact) mass is 380 g/mol. The van der Waals surface area contributed by atoms with E-state index in [1.165, 1.54) is 0 Å². The van der Waals surface area contributed by atoms with Gasteiger partial charge >= 0.3 is 11.9 Å². The number of carbonyl (C=O) groups is 3. The number of ketones is 1. The summed E-state index contributed by atoms with van der Waals surface area (Å²) in [6.07, 6.45) is 2.83. The van der Waals surface area contributed by atoms with Gasteiger partial charge in [0.25, 0.3) is 0 Å². The largest absolute Gasteiger partial charge is 0.465 e. The van der Waals surface area contributed by atoms with Crippen LogP contribution < -0.4 is 0 Å². The van der Waals surface area contributed by atoms with Crippen LogP contribution in [0, 0.1) is 11.8 Å². The van der Waals surface area contributed by atoms with Crippen LogP contribution in [0.5, 0.6) is 0 Å². The lowest BCUT2D eigenvalue weighted by atomic mass is 9.70. The molecule has 6 heteroatoms. The van der Waals surface area contributed by atoms with E-state index < -0.39 is 29.7 Å². The van der Waals surface area contributed by atoms with Gasteiger partial charge in [0.15, 0.2) is 5.92 Å². The quantitative estimate of drug-likeness (QED) is 0.529. The first-order valence-corrected chi connectivity index (χ1v) is 9.48. The Balaban J connectivity index is 2.49. The van der Waals surface area contributed by atoms with Crippen LogP contribution in [0.1, 0.15) is 51.0 Å². The Labute approximate surface area is 159 Å². The third kappa shape index (κ3) is 4.85. The number of Topliss-reactive ketones (excluding diaryl/α,β-unsaturated/α-hetero) is 1. The normalized spacial score (nSPS) is 18.5. The highest BCUT2D eigenvalue weighted by Gasteiger charge is 2.45. The lowest BCUT2D eigenvalue weighted by molar-refractivity contribution is -0.163. The molecule has 0 amide bonds. The highest BCUT2D eigenvalue weighted by molar-refractivity contribution is 6.30. The van der Waals surface area contributed by atoms with Gasteiger partial charge in [0.05, 0.1) is 13.2 Å². The number of benzene rings is 1. The average molecular weight is 381 g/mol. The molecule has 2 rings (SSSR count). The number of hydrogen-bond acceptors (Lipinski definition) is 5. The van der Waals surface area contributed by atoms with Gasteiger partial charge in [-0.15, -0.1) is 0 Å². The van der Waals surface area contributed by atoms with Crippen molar-refractivity contribution in [2.45, 2.75) is 45.4 Å². The van der Waals surface area contributed by atoms with Gasteiger partial charge in [0.1, 0.15) is 5.78 Å². The van der Waals surface area contributed by atoms with Crippen molar-refractivity contribution in [1.29, 1.82) is 0 Å². The number of hydrogen-bond donors (Lipinski definition) is 0. The summed E-state index contributed by atoms with van der Waals surface area (Å²) in [6.45, 7) is 3.67. The van der Waals surface area contributed by atoms with Crippen LogP contribution >= 0.6 is 11.6 Å². The summed E-state index contributed by atoms with van der Waals surface area (Å²) in [5, 5.41) is 0.547. The first-order valence-electron chi connectivity index (χ1n) is 9.11. The molecule has 0 bridgehead atoms. The Bertz CT molecular complexity index is 622. The molecule has 0 N–H and O–H groups in total. The molecular weight excluding hydrogens is 356 g/mol. The molecule has 1 aromatic rings. The molecule has 0 spiro atoms. The molecule has 1 fully saturated rings. The first kappa shape index (κ1) is 20.4. The number of carbonyl (C=O) groups excluding carboxylic acids is 3. The van der Waals surface area contributed by atoms with Crippen molar-refractivity contribution < 1.29 is 23.9 Å². The Morgan fingerprint density at radius 3 is 2.15 bits per heavy atom. The Morgan fingerprint density at radius 2 is 1.65 bits per heavy atom. The average Bonchev–Trinajstić information content (AvgIpc) is 2.61. The zero-order valence-corrected chi connectivity index (χ0v) is 16.0. The summed E-state index contributed by atoms with van der Waals surface area (Å²) < 4.78 is 10.3. The predicted molar refractivity (Wildman–Crippen MR) is 97.9 cm³/mol. The SMILES string of the molecule is CCOC(=O)C(C(=O)OCC)[C@@H](c1ccc(Cl)cc1)[C@@H]1CCCCC1=O. The fourth-order valence-corrected chi connectivity index (χ4v) is 3.71. The van der Waals surface area contributed by atoms with Gasteiger partial charge in [-0.1, -0.05) is 30.2 Å². The van der Waals surface area contributed by atoms with Crippen molar-refractivity contribution in [3.63, 3.8) is 0 Å². The second-order valence-corrected chi connectivity index (χ2v) is 6.81. The molecular formula is C20H25ClO5. The van der Waals surface area contributed by atoms with E-state index in [0.717, 1.165) is 18.4 Å². The topological polar surface area (TPSA) is 69.7 Å². The molecule has 0 heterocycles. The van der Waals surface area contributed by atoms with E-state index in [-0.39, 0.29) is 19.0 Å². The van der Waals surface area contributed by atoms with Crippen LogP contribution in [-0.2, 0) is 23.9 Å². The molecule has 1 saturated carbocycles. The van der Waals surface area contributed by atoms with Crippen molar-refractivity contribution in [1.82, 2.24) is 0 Å². The maximum absolute atomic E-state index is 12.6. The van der Waals surface area contributed by atoms with Crippen molar-refractivity contribution in [3.05, 3.63) is 34.9 Å². The Hall–Kier alpha value is -1.88. The summed E-state index contributed by atoms with van der Waals surface area (Å²) in [5.41, 5.74) is 0.723. The molecule has 142 valence electrons. The highest BCUT2D eigenvalue weighted by atomic mass is 35.5. The molecule has 1 aliphatic rings. The Kier molecular flexibility index (Phi) is 7.64. The number of esters is 2. The van der Waals surface area contributed by atoms with Crippen LogP contribution in [0.2, 0.25) is 5.02 Å². The van der Waals surface area contributed by atoms with Crippen LogP contribution in [0.25, 0.3) is 0 Å². The zero-order valence-electron chi connectivity index (χ0n) is 15.2. The highest BCUT2D eigenvalue weighted by Crippen LogP contribution is 2.40. The standard InChI is InChI=1S/C20H25ClO5/c1-3-25-19(23)18(20(24)26-4-2)17(13-9-11-14(21)12-10-13)15-7-5-6-8-16(15)22/h9-12,15,17-18H,3-8H2,1-2H3/t15-,17+/m1/s1. The Morgan fingerprint density at radius 1 is 1.08 bits per heavy atom. The minimum absolute atomic E-state index is 0.0785. The van der Waals surface area contributed by atoms with E-state index >= 15 is 0 Å². The maximum Gasteiger partial charge on any atom is 0.320 e. The first-order chi connectivity index (χ1) is 12.5. The molecule has 0 saturated heterocycles. The van der Waals surface area contributed by atoms with Gasteiger partial charge < -0.3 is 9.47 Å². The van der Waals surface area contributed by atoms with Crippen molar-refractivity contribution in [3.8, 4) is 0 Å². The van der Waals surface area contributed by atoms with Gasteiger partial charge in [-0.25, -0.2) is 0 Å². The molecule has 26 heavy (non-hydrogen) atoms. The molecule has 2 atom stereocenters. The minimum Gasteiger partial charge on any atom is -0.465 e. The molecule has 0 unspecified atom stereocenters. The van der Waals surface area contributed by atoms with Crippen LogP contribution in [0.4, 0.5) is 0 Å². The van der Waals surface area contributed by atoms with Crippen LogP contribution in [0.15, 0.2) is 24.3 Å². The fourth-order valence-electron chi connectivity index (χ4n) is 3.59. The van der Waals surface area contributed by atoms with Crippen LogP contribution in [-0.4, -0.2) is 30.9 Å². The summed E-state index contributed by atoms with van der Waals surface area (Å²) in [7, 11) is 0. The van der Waals surface area contributed by atoms with Crippen molar-refractivity contribution in [2.24, 2.45) is 11.8 Å². The summed E-state index contributed by atoms with van der Waals surface area (Å²) >= 11 is 5.98. The smallest absolute Gasteiger partial charge is 0.320 e. The van der Waals surface area contributed by atoms with E-state index in [4.69, 9.17) is 21.1 Å². The van der Waals surface area contributed by atoms with E-state index in [1.807, 2.05) is 0 Å². The maximum atomic E-state index is 12.6. The zero-order chi connectivity index (χ0) is 19.1. The van der Waals surface area contributed by atoms with Gasteiger partial charge in [-0.3, -0.25) is 14.4 Å². The molecule has 0 aliphatic heterocycles. The third-order valence-corrected chi connectivity index (χ3v) is 4.98. The number of ether oxygens (including phenoxy) is 2. The molecule has 0 aromatic heterocycles. The van der Waals surface area contributed by atoms with Gasteiger partial charge in [-0.2, -0.15) is 0 Å². The summed E-state index contributed by atoms with van der Waals surface area (Å²) in [4.78, 5) is 37.9. The molecule has 0 radical (unpaired) electrons. The van der Waals surface area contributed by atoms with Crippen molar-refractivity contribution >= 4 is 29.3 Å². The summed E-state index contributed by atoms with van der Waals surface area (Å²) in [6, 6.07) is 6.93. The third-order valence-electron chi connectivity index (χ3n) is 4.73. The lowest BCUT2D eigenvalue weighted by Crippen LogP contribution is -2.39. The number of rotatable bonds is 7. The molecule has 1 aromatic carbocycles. The van der Waals surface area contributed by atoms with E-state index in [9.17, 15) is 14.4 Å². The van der Waals surface area contributed by atoms with E-state index in [1.54, 1.807) is 38.1 Å².